The van der Waals surface area contributed by atoms with Crippen molar-refractivity contribution in [3.05, 3.63) is 58.6 Å². The largest absolute Gasteiger partial charge is 0.492 e. The maximum atomic E-state index is 12.2. The van der Waals surface area contributed by atoms with Gasteiger partial charge in [-0.3, -0.25) is 4.79 Å². The highest BCUT2D eigenvalue weighted by Crippen LogP contribution is 2.25. The molecule has 2 rings (SSSR count). The van der Waals surface area contributed by atoms with Gasteiger partial charge in [-0.1, -0.05) is 23.7 Å². The molecule has 2 aromatic carbocycles. The Morgan fingerprint density at radius 2 is 2.00 bits per heavy atom. The van der Waals surface area contributed by atoms with Gasteiger partial charge in [0, 0.05) is 11.3 Å². The molecular weight excluding hydrogens is 300 g/mol. The van der Waals surface area contributed by atoms with Gasteiger partial charge in [-0.15, -0.1) is 0 Å². The summed E-state index contributed by atoms with van der Waals surface area (Å²) in [5.74, 6) is 0.305. The van der Waals surface area contributed by atoms with Gasteiger partial charge in [0.15, 0.2) is 0 Å². The summed E-state index contributed by atoms with van der Waals surface area (Å²) in [5, 5.41) is 11.8. The van der Waals surface area contributed by atoms with Gasteiger partial charge >= 0.3 is 0 Å². The van der Waals surface area contributed by atoms with E-state index in [1.165, 1.54) is 0 Å². The summed E-state index contributed by atoms with van der Waals surface area (Å²) in [7, 11) is 0. The molecule has 0 bridgehead atoms. The molecule has 1 amide bonds. The van der Waals surface area contributed by atoms with Crippen LogP contribution in [-0.2, 0) is 6.42 Å². The Bertz CT molecular complexity index is 706. The van der Waals surface area contributed by atoms with Crippen LogP contribution < -0.4 is 10.1 Å². The minimum atomic E-state index is -0.252. The summed E-state index contributed by atoms with van der Waals surface area (Å²) in [6.45, 7) is 2.38. The second kappa shape index (κ2) is 7.48. The second-order valence-corrected chi connectivity index (χ2v) is 4.97. The van der Waals surface area contributed by atoms with E-state index in [4.69, 9.17) is 21.6 Å². The highest BCUT2D eigenvalue weighted by Gasteiger charge is 2.09. The fourth-order valence-electron chi connectivity index (χ4n) is 1.92. The number of nitrogens with one attached hydrogen (secondary N) is 1. The van der Waals surface area contributed by atoms with E-state index in [1.54, 1.807) is 30.3 Å². The zero-order valence-corrected chi connectivity index (χ0v) is 12.9. The van der Waals surface area contributed by atoms with Crippen LogP contribution in [0.1, 0.15) is 22.8 Å². The summed E-state index contributed by atoms with van der Waals surface area (Å²) in [6, 6.07) is 14.1. The number of anilines is 1. The topological polar surface area (TPSA) is 62.1 Å². The molecule has 0 saturated heterocycles. The number of rotatable bonds is 5. The van der Waals surface area contributed by atoms with Crippen LogP contribution in [0.15, 0.2) is 42.5 Å². The Labute approximate surface area is 134 Å². The van der Waals surface area contributed by atoms with Crippen molar-refractivity contribution >= 4 is 23.2 Å². The molecule has 0 aliphatic rings. The van der Waals surface area contributed by atoms with Gasteiger partial charge in [0.1, 0.15) is 5.75 Å². The van der Waals surface area contributed by atoms with Crippen molar-refractivity contribution < 1.29 is 9.53 Å². The first-order valence-corrected chi connectivity index (χ1v) is 7.21. The van der Waals surface area contributed by atoms with E-state index in [9.17, 15) is 4.79 Å². The first-order chi connectivity index (χ1) is 10.6. The first kappa shape index (κ1) is 15.9. The lowest BCUT2D eigenvalue weighted by atomic mass is 10.1. The molecule has 0 radical (unpaired) electrons. The normalized spacial score (nSPS) is 9.86. The molecule has 0 saturated carbocycles. The molecule has 4 nitrogen and oxygen atoms in total. The third-order valence-electron chi connectivity index (χ3n) is 2.99. The van der Waals surface area contributed by atoms with Gasteiger partial charge in [-0.25, -0.2) is 0 Å². The summed E-state index contributed by atoms with van der Waals surface area (Å²) in [4.78, 5) is 12.2. The molecule has 22 heavy (non-hydrogen) atoms. The van der Waals surface area contributed by atoms with Crippen molar-refractivity contribution in [2.45, 2.75) is 13.3 Å². The van der Waals surface area contributed by atoms with E-state index in [-0.39, 0.29) is 5.91 Å². The molecule has 0 fully saturated rings. The van der Waals surface area contributed by atoms with Crippen LogP contribution in [-0.4, -0.2) is 12.5 Å². The van der Waals surface area contributed by atoms with E-state index >= 15 is 0 Å². The Balaban J connectivity index is 2.08. The van der Waals surface area contributed by atoms with Crippen LogP contribution in [0.2, 0.25) is 5.02 Å². The highest BCUT2D eigenvalue weighted by molar-refractivity contribution is 6.32. The molecule has 0 spiro atoms. The second-order valence-electron chi connectivity index (χ2n) is 4.56. The zero-order chi connectivity index (χ0) is 15.9. The molecular formula is C17H15ClN2O2. The Kier molecular flexibility index (Phi) is 5.40. The predicted octanol–water partition coefficient (Wildman–Crippen LogP) is 4.06. The molecule has 5 heteroatoms. The quantitative estimate of drug-likeness (QED) is 0.905. The van der Waals surface area contributed by atoms with Gasteiger partial charge in [0.05, 0.1) is 24.1 Å². The van der Waals surface area contributed by atoms with Crippen LogP contribution in [0, 0.1) is 11.3 Å². The third kappa shape index (κ3) is 4.00. The van der Waals surface area contributed by atoms with Gasteiger partial charge in [0.2, 0.25) is 0 Å². The van der Waals surface area contributed by atoms with Crippen LogP contribution >= 0.6 is 11.6 Å². The maximum absolute atomic E-state index is 12.2. The van der Waals surface area contributed by atoms with E-state index in [1.807, 2.05) is 19.1 Å². The Hall–Kier alpha value is -2.51. The zero-order valence-electron chi connectivity index (χ0n) is 12.1. The van der Waals surface area contributed by atoms with Crippen molar-refractivity contribution in [1.29, 1.82) is 5.26 Å². The summed E-state index contributed by atoms with van der Waals surface area (Å²) in [6.07, 6.45) is 0.350. The van der Waals surface area contributed by atoms with Crippen molar-refractivity contribution in [1.82, 2.24) is 0 Å². The minimum Gasteiger partial charge on any atom is -0.492 e. The van der Waals surface area contributed by atoms with Crippen molar-refractivity contribution in [3.8, 4) is 11.8 Å². The number of carbonyl (C=O) groups excluding carboxylic acids is 1. The number of amides is 1. The van der Waals surface area contributed by atoms with Gasteiger partial charge in [0.25, 0.3) is 5.91 Å². The number of hydrogen-bond donors (Lipinski definition) is 1. The molecule has 0 atom stereocenters. The molecule has 0 aliphatic heterocycles. The van der Waals surface area contributed by atoms with Crippen LogP contribution in [0.5, 0.6) is 5.75 Å². The Morgan fingerprint density at radius 1 is 1.27 bits per heavy atom. The third-order valence-corrected chi connectivity index (χ3v) is 3.28. The minimum absolute atomic E-state index is 0.252. The number of hydrogen-bond acceptors (Lipinski definition) is 3. The van der Waals surface area contributed by atoms with Crippen LogP contribution in [0.4, 0.5) is 5.69 Å². The molecule has 0 heterocycles. The molecule has 2 aromatic rings. The number of nitrogens with zero attached hydrogens (tertiary/aromatic N) is 1. The van der Waals surface area contributed by atoms with E-state index in [2.05, 4.69) is 11.4 Å². The molecule has 0 aliphatic carbocycles. The van der Waals surface area contributed by atoms with E-state index in [0.29, 0.717) is 35.1 Å². The monoisotopic (exact) mass is 314 g/mol. The molecule has 1 N–H and O–H groups in total. The first-order valence-electron chi connectivity index (χ1n) is 6.83. The average Bonchev–Trinajstić information content (AvgIpc) is 2.51. The number of halogens is 1. The summed E-state index contributed by atoms with van der Waals surface area (Å²) in [5.41, 5.74) is 2.02. The predicted molar refractivity (Wildman–Crippen MR) is 86.3 cm³/mol. The van der Waals surface area contributed by atoms with Gasteiger partial charge in [-0.05, 0) is 42.8 Å². The number of nitriles is 1. The standard InChI is InChI=1S/C17H15ClN2O2/c1-2-22-16-8-5-13(11-15(16)18)17(21)20-14-6-3-12(4-7-14)9-10-19/h3-8,11H,2,9H2,1H3,(H,20,21). The number of carbonyl (C=O) groups is 1. The van der Waals surface area contributed by atoms with Crippen LogP contribution in [0.3, 0.4) is 0 Å². The lowest BCUT2D eigenvalue weighted by Crippen LogP contribution is -2.12. The fourth-order valence-corrected chi connectivity index (χ4v) is 2.15. The van der Waals surface area contributed by atoms with E-state index < -0.39 is 0 Å². The Morgan fingerprint density at radius 3 is 2.59 bits per heavy atom. The molecule has 0 unspecified atom stereocenters. The lowest BCUT2D eigenvalue weighted by molar-refractivity contribution is 0.102. The van der Waals surface area contributed by atoms with Gasteiger partial charge in [-0.2, -0.15) is 5.26 Å². The van der Waals surface area contributed by atoms with Crippen molar-refractivity contribution in [2.24, 2.45) is 0 Å². The maximum Gasteiger partial charge on any atom is 0.255 e. The average molecular weight is 315 g/mol. The van der Waals surface area contributed by atoms with Gasteiger partial charge < -0.3 is 10.1 Å². The SMILES string of the molecule is CCOc1ccc(C(=O)Nc2ccc(CC#N)cc2)cc1Cl. The fraction of sp³-hybridized carbons (Fsp3) is 0.176. The van der Waals surface area contributed by atoms with Crippen LogP contribution in [0.25, 0.3) is 0 Å². The van der Waals surface area contributed by atoms with Crippen molar-refractivity contribution in [3.63, 3.8) is 0 Å². The summed E-state index contributed by atoms with van der Waals surface area (Å²) >= 11 is 6.08. The molecule has 112 valence electrons. The smallest absolute Gasteiger partial charge is 0.255 e. The lowest BCUT2D eigenvalue weighted by Gasteiger charge is -2.09. The summed E-state index contributed by atoms with van der Waals surface area (Å²) < 4.78 is 5.34. The molecule has 0 aromatic heterocycles. The number of ether oxygens (including phenoxy) is 1. The number of benzene rings is 2. The van der Waals surface area contributed by atoms with E-state index in [0.717, 1.165) is 5.56 Å². The van der Waals surface area contributed by atoms with Crippen molar-refractivity contribution in [2.75, 3.05) is 11.9 Å². The highest BCUT2D eigenvalue weighted by atomic mass is 35.5.